The molecule has 2 amide bonds. The minimum atomic E-state index is -0.362. The van der Waals surface area contributed by atoms with E-state index in [1.165, 1.54) is 0 Å². The summed E-state index contributed by atoms with van der Waals surface area (Å²) in [6, 6.07) is 16.5. The molecule has 1 N–H and O–H groups in total. The van der Waals surface area contributed by atoms with Crippen molar-refractivity contribution in [2.75, 3.05) is 18.5 Å². The van der Waals surface area contributed by atoms with E-state index in [0.29, 0.717) is 12.2 Å². The lowest BCUT2D eigenvalue weighted by Gasteiger charge is -2.29. The molecule has 0 saturated carbocycles. The summed E-state index contributed by atoms with van der Waals surface area (Å²) in [6.45, 7) is 2.74. The number of nitrogens with one attached hydrogen (secondary N) is 1. The zero-order chi connectivity index (χ0) is 21.8. The van der Waals surface area contributed by atoms with Crippen LogP contribution in [0, 0.1) is 0 Å². The van der Waals surface area contributed by atoms with Crippen molar-refractivity contribution in [3.05, 3.63) is 80.5 Å². The number of nitrogens with zero attached hydrogens (tertiary/aromatic N) is 1. The molecule has 0 spiro atoms. The molecular weight excluding hydrogens is 476 g/mol. The summed E-state index contributed by atoms with van der Waals surface area (Å²) >= 11 is 5.10. The fourth-order valence-electron chi connectivity index (χ4n) is 3.61. The summed E-state index contributed by atoms with van der Waals surface area (Å²) in [5.74, 6) is 0.333. The van der Waals surface area contributed by atoms with E-state index < -0.39 is 0 Å². The second kappa shape index (κ2) is 9.66. The molecule has 0 radical (unpaired) electrons. The van der Waals surface area contributed by atoms with Gasteiger partial charge in [0.15, 0.2) is 0 Å². The molecule has 0 aliphatic carbocycles. The highest BCUT2D eigenvalue weighted by molar-refractivity contribution is 9.10. The molecular formula is C24H23BrN2O3S. The van der Waals surface area contributed by atoms with Gasteiger partial charge in [0.05, 0.1) is 12.6 Å². The monoisotopic (exact) mass is 498 g/mol. The number of carbonyl (C=O) groups is 2. The Morgan fingerprint density at radius 3 is 2.74 bits per heavy atom. The Balaban J connectivity index is 1.69. The number of hydrogen-bond donors (Lipinski definition) is 1. The van der Waals surface area contributed by atoms with Crippen LogP contribution in [0.4, 0.5) is 5.69 Å². The molecule has 1 aromatic heterocycles. The third kappa shape index (κ3) is 4.83. The Bertz CT molecular complexity index is 1070. The molecule has 7 heteroatoms. The number of carbonyl (C=O) groups excluding carboxylic acids is 2. The van der Waals surface area contributed by atoms with Crippen LogP contribution in [-0.2, 0) is 4.79 Å². The summed E-state index contributed by atoms with van der Waals surface area (Å²) in [5, 5.41) is 4.93. The average Bonchev–Trinajstić information content (AvgIpc) is 3.25. The number of anilines is 1. The van der Waals surface area contributed by atoms with Crippen LogP contribution in [0.3, 0.4) is 0 Å². The van der Waals surface area contributed by atoms with Gasteiger partial charge in [0.1, 0.15) is 12.3 Å². The fraction of sp³-hybridized carbons (Fsp3) is 0.250. The molecule has 0 fully saturated rings. The number of halogens is 1. The molecule has 0 saturated heterocycles. The lowest BCUT2D eigenvalue weighted by atomic mass is 10.0. The number of thiophene rings is 1. The van der Waals surface area contributed by atoms with Crippen LogP contribution in [0.5, 0.6) is 5.75 Å². The van der Waals surface area contributed by atoms with Crippen molar-refractivity contribution in [3.8, 4) is 5.75 Å². The molecule has 1 aliphatic heterocycles. The summed E-state index contributed by atoms with van der Waals surface area (Å²) in [4.78, 5) is 28.9. The van der Waals surface area contributed by atoms with E-state index in [1.54, 1.807) is 28.4 Å². The lowest BCUT2D eigenvalue weighted by molar-refractivity contribution is -0.117. The SMILES string of the molecule is CCCCOc1ccc(C(=O)N2CC(=O)Nc3ccc(Br)cc3C2c2cccs2)cc1. The van der Waals surface area contributed by atoms with E-state index in [-0.39, 0.29) is 24.4 Å². The first-order chi connectivity index (χ1) is 15.1. The quantitative estimate of drug-likeness (QED) is 0.432. The van der Waals surface area contributed by atoms with Crippen molar-refractivity contribution in [2.24, 2.45) is 0 Å². The van der Waals surface area contributed by atoms with Crippen LogP contribution < -0.4 is 10.1 Å². The Labute approximate surface area is 194 Å². The van der Waals surface area contributed by atoms with Crippen molar-refractivity contribution in [1.82, 2.24) is 4.90 Å². The van der Waals surface area contributed by atoms with E-state index in [1.807, 2.05) is 47.8 Å². The predicted octanol–water partition coefficient (Wildman–Crippen LogP) is 5.87. The number of fused-ring (bicyclic) bond motifs is 1. The number of amides is 2. The van der Waals surface area contributed by atoms with Gasteiger partial charge in [-0.3, -0.25) is 9.59 Å². The largest absolute Gasteiger partial charge is 0.494 e. The smallest absolute Gasteiger partial charge is 0.255 e. The van der Waals surface area contributed by atoms with Crippen LogP contribution in [0.25, 0.3) is 0 Å². The second-order valence-corrected chi connectivity index (χ2v) is 9.25. The van der Waals surface area contributed by atoms with Crippen molar-refractivity contribution in [3.63, 3.8) is 0 Å². The Kier molecular flexibility index (Phi) is 6.73. The summed E-state index contributed by atoms with van der Waals surface area (Å²) < 4.78 is 6.60. The van der Waals surface area contributed by atoms with Crippen molar-refractivity contribution >= 4 is 44.8 Å². The van der Waals surface area contributed by atoms with Gasteiger partial charge in [-0.05, 0) is 60.3 Å². The van der Waals surface area contributed by atoms with Gasteiger partial charge in [-0.2, -0.15) is 0 Å². The highest BCUT2D eigenvalue weighted by Gasteiger charge is 2.34. The summed E-state index contributed by atoms with van der Waals surface area (Å²) in [6.07, 6.45) is 2.05. The van der Waals surface area contributed by atoms with Gasteiger partial charge >= 0.3 is 0 Å². The fourth-order valence-corrected chi connectivity index (χ4v) is 4.85. The number of hydrogen-bond acceptors (Lipinski definition) is 4. The van der Waals surface area contributed by atoms with Crippen molar-refractivity contribution < 1.29 is 14.3 Å². The number of unbranched alkanes of at least 4 members (excludes halogenated alkanes) is 1. The van der Waals surface area contributed by atoms with Gasteiger partial charge in [0.2, 0.25) is 5.91 Å². The van der Waals surface area contributed by atoms with Crippen molar-refractivity contribution in [2.45, 2.75) is 25.8 Å². The van der Waals surface area contributed by atoms with Gasteiger partial charge in [-0.15, -0.1) is 11.3 Å². The van der Waals surface area contributed by atoms with E-state index in [4.69, 9.17) is 4.74 Å². The highest BCUT2D eigenvalue weighted by atomic mass is 79.9. The van der Waals surface area contributed by atoms with Gasteiger partial charge in [-0.1, -0.05) is 35.3 Å². The number of ether oxygens (including phenoxy) is 1. The average molecular weight is 499 g/mol. The summed E-state index contributed by atoms with van der Waals surface area (Å²) in [7, 11) is 0. The van der Waals surface area contributed by atoms with Gasteiger partial charge < -0.3 is 15.0 Å². The van der Waals surface area contributed by atoms with Crippen LogP contribution >= 0.6 is 27.3 Å². The Hall–Kier alpha value is -2.64. The normalized spacial score (nSPS) is 15.7. The molecule has 3 aromatic rings. The molecule has 0 bridgehead atoms. The van der Waals surface area contributed by atoms with Crippen LogP contribution in [0.2, 0.25) is 0 Å². The minimum Gasteiger partial charge on any atom is -0.494 e. The molecule has 1 unspecified atom stereocenters. The maximum Gasteiger partial charge on any atom is 0.255 e. The third-order valence-corrected chi connectivity index (χ3v) is 6.57. The maximum absolute atomic E-state index is 13.6. The standard InChI is InChI=1S/C24H23BrN2O3S/c1-2-3-12-30-18-9-6-16(7-10-18)24(29)27-15-22(28)26-20-11-8-17(25)14-19(20)23(27)21-5-4-13-31-21/h4-11,13-14,23H,2-3,12,15H2,1H3,(H,26,28). The van der Waals surface area contributed by atoms with Gasteiger partial charge in [-0.25, -0.2) is 0 Å². The van der Waals surface area contributed by atoms with E-state index in [9.17, 15) is 9.59 Å². The highest BCUT2D eigenvalue weighted by Crippen LogP contribution is 2.39. The van der Waals surface area contributed by atoms with E-state index in [2.05, 4.69) is 28.2 Å². The van der Waals surface area contributed by atoms with Crippen LogP contribution in [0.1, 0.15) is 46.6 Å². The molecule has 2 heterocycles. The lowest BCUT2D eigenvalue weighted by Crippen LogP contribution is -2.38. The Morgan fingerprint density at radius 1 is 1.23 bits per heavy atom. The molecule has 1 aliphatic rings. The first kappa shape index (κ1) is 21.6. The molecule has 31 heavy (non-hydrogen) atoms. The topological polar surface area (TPSA) is 58.6 Å². The minimum absolute atomic E-state index is 0.0253. The van der Waals surface area contributed by atoms with Gasteiger partial charge in [0, 0.05) is 26.2 Å². The molecule has 4 rings (SSSR count). The zero-order valence-electron chi connectivity index (χ0n) is 17.1. The first-order valence-electron chi connectivity index (χ1n) is 10.2. The van der Waals surface area contributed by atoms with Gasteiger partial charge in [0.25, 0.3) is 5.91 Å². The van der Waals surface area contributed by atoms with Crippen LogP contribution in [0.15, 0.2) is 64.5 Å². The Morgan fingerprint density at radius 2 is 2.03 bits per heavy atom. The maximum atomic E-state index is 13.6. The second-order valence-electron chi connectivity index (χ2n) is 7.36. The zero-order valence-corrected chi connectivity index (χ0v) is 19.5. The molecule has 5 nitrogen and oxygen atoms in total. The van der Waals surface area contributed by atoms with E-state index in [0.717, 1.165) is 39.2 Å². The predicted molar refractivity (Wildman–Crippen MR) is 127 cm³/mol. The molecule has 160 valence electrons. The van der Waals surface area contributed by atoms with Crippen molar-refractivity contribution in [1.29, 1.82) is 0 Å². The summed E-state index contributed by atoms with van der Waals surface area (Å²) in [5.41, 5.74) is 2.13. The van der Waals surface area contributed by atoms with E-state index >= 15 is 0 Å². The molecule has 2 aromatic carbocycles. The molecule has 1 atom stereocenters. The first-order valence-corrected chi connectivity index (χ1v) is 11.9. The van der Waals surface area contributed by atoms with Crippen LogP contribution in [-0.4, -0.2) is 29.9 Å². The third-order valence-electron chi connectivity index (χ3n) is 5.15. The number of benzene rings is 2. The number of rotatable bonds is 6.